The summed E-state index contributed by atoms with van der Waals surface area (Å²) in [5.74, 6) is 0.331. The van der Waals surface area contributed by atoms with Crippen molar-refractivity contribution in [3.05, 3.63) is 66.0 Å². The van der Waals surface area contributed by atoms with Crippen LogP contribution in [0.3, 0.4) is 0 Å². The molecule has 1 spiro atoms. The Morgan fingerprint density at radius 2 is 1.93 bits per heavy atom. The third-order valence-electron chi connectivity index (χ3n) is 6.00. The topological polar surface area (TPSA) is 41.6 Å². The Labute approximate surface area is 165 Å². The molecule has 5 heteroatoms. The molecule has 0 radical (unpaired) electrons. The van der Waals surface area contributed by atoms with Gasteiger partial charge in [-0.1, -0.05) is 30.3 Å². The van der Waals surface area contributed by atoms with Crippen molar-refractivity contribution in [2.75, 3.05) is 25.0 Å². The second-order valence-corrected chi connectivity index (χ2v) is 8.01. The summed E-state index contributed by atoms with van der Waals surface area (Å²) in [6, 6.07) is 16.4. The van der Waals surface area contributed by atoms with Crippen LogP contribution in [0.1, 0.15) is 31.2 Å². The summed E-state index contributed by atoms with van der Waals surface area (Å²) in [5.41, 5.74) is 1.73. The molecule has 0 saturated carbocycles. The number of anilines is 1. The molecule has 2 aromatic carbocycles. The highest BCUT2D eigenvalue weighted by atomic mass is 19.1. The SMILES string of the molecule is O=C(Nc1ccccc1)N1CCC2(CC1)CC(Cc1cccc(F)c1)CCO2. The number of amides is 2. The second-order valence-electron chi connectivity index (χ2n) is 8.01. The Hall–Kier alpha value is -2.40. The van der Waals surface area contributed by atoms with Crippen molar-refractivity contribution in [2.45, 2.75) is 37.7 Å². The maximum absolute atomic E-state index is 13.5. The molecule has 0 aliphatic carbocycles. The van der Waals surface area contributed by atoms with Crippen LogP contribution in [0.2, 0.25) is 0 Å². The molecule has 2 aromatic rings. The molecule has 0 bridgehead atoms. The van der Waals surface area contributed by atoms with E-state index < -0.39 is 0 Å². The molecule has 148 valence electrons. The summed E-state index contributed by atoms with van der Waals surface area (Å²) < 4.78 is 19.7. The van der Waals surface area contributed by atoms with E-state index in [9.17, 15) is 9.18 Å². The molecule has 2 aliphatic heterocycles. The summed E-state index contributed by atoms with van der Waals surface area (Å²) in [6.07, 6.45) is 4.60. The van der Waals surface area contributed by atoms with Gasteiger partial charge in [0.1, 0.15) is 5.82 Å². The molecule has 2 aliphatic rings. The molecule has 2 amide bonds. The third kappa shape index (κ3) is 4.53. The van der Waals surface area contributed by atoms with Crippen molar-refractivity contribution < 1.29 is 13.9 Å². The van der Waals surface area contributed by atoms with E-state index in [1.807, 2.05) is 41.3 Å². The van der Waals surface area contributed by atoms with E-state index in [2.05, 4.69) is 5.32 Å². The van der Waals surface area contributed by atoms with Gasteiger partial charge >= 0.3 is 6.03 Å². The van der Waals surface area contributed by atoms with E-state index in [-0.39, 0.29) is 17.4 Å². The highest BCUT2D eigenvalue weighted by molar-refractivity contribution is 5.89. The number of benzene rings is 2. The Kier molecular flexibility index (Phi) is 5.62. The van der Waals surface area contributed by atoms with Gasteiger partial charge in [0.2, 0.25) is 0 Å². The van der Waals surface area contributed by atoms with Crippen LogP contribution in [-0.2, 0) is 11.2 Å². The number of carbonyl (C=O) groups is 1. The lowest BCUT2D eigenvalue weighted by atomic mass is 9.77. The zero-order valence-electron chi connectivity index (χ0n) is 16.1. The summed E-state index contributed by atoms with van der Waals surface area (Å²) in [7, 11) is 0. The minimum atomic E-state index is -0.169. The van der Waals surface area contributed by atoms with Gasteiger partial charge in [-0.3, -0.25) is 0 Å². The molecular formula is C23H27FN2O2. The first-order valence-electron chi connectivity index (χ1n) is 10.1. The van der Waals surface area contributed by atoms with E-state index in [4.69, 9.17) is 4.74 Å². The van der Waals surface area contributed by atoms with Gasteiger partial charge in [0.15, 0.2) is 0 Å². The molecule has 0 aromatic heterocycles. The monoisotopic (exact) mass is 382 g/mol. The Morgan fingerprint density at radius 1 is 1.14 bits per heavy atom. The number of para-hydroxylation sites is 1. The Morgan fingerprint density at radius 3 is 2.68 bits per heavy atom. The predicted octanol–water partition coefficient (Wildman–Crippen LogP) is 4.86. The fraction of sp³-hybridized carbons (Fsp3) is 0.435. The number of rotatable bonds is 3. The number of likely N-dealkylation sites (tertiary alicyclic amines) is 1. The lowest BCUT2D eigenvalue weighted by Crippen LogP contribution is -2.51. The lowest BCUT2D eigenvalue weighted by Gasteiger charge is -2.46. The number of nitrogens with one attached hydrogen (secondary N) is 1. The van der Waals surface area contributed by atoms with Crippen LogP contribution in [0.4, 0.5) is 14.9 Å². The average molecular weight is 382 g/mol. The van der Waals surface area contributed by atoms with Crippen molar-refractivity contribution in [3.8, 4) is 0 Å². The Bertz CT molecular complexity index is 803. The van der Waals surface area contributed by atoms with E-state index in [1.165, 1.54) is 6.07 Å². The van der Waals surface area contributed by atoms with Crippen LogP contribution in [-0.4, -0.2) is 36.2 Å². The van der Waals surface area contributed by atoms with Gasteiger partial charge in [-0.25, -0.2) is 9.18 Å². The number of piperidine rings is 1. The number of halogens is 1. The molecule has 28 heavy (non-hydrogen) atoms. The minimum absolute atomic E-state index is 0.0480. The van der Waals surface area contributed by atoms with Crippen LogP contribution >= 0.6 is 0 Å². The fourth-order valence-electron chi connectivity index (χ4n) is 4.49. The maximum Gasteiger partial charge on any atom is 0.321 e. The molecule has 2 saturated heterocycles. The second kappa shape index (κ2) is 8.31. The van der Waals surface area contributed by atoms with Crippen molar-refractivity contribution in [2.24, 2.45) is 5.92 Å². The average Bonchev–Trinajstić information content (AvgIpc) is 2.69. The lowest BCUT2D eigenvalue weighted by molar-refractivity contribution is -0.122. The van der Waals surface area contributed by atoms with Gasteiger partial charge in [-0.05, 0) is 67.9 Å². The summed E-state index contributed by atoms with van der Waals surface area (Å²) in [6.45, 7) is 2.15. The quantitative estimate of drug-likeness (QED) is 0.824. The first kappa shape index (κ1) is 18.9. The fourth-order valence-corrected chi connectivity index (χ4v) is 4.49. The molecule has 2 fully saturated rings. The Balaban J connectivity index is 1.32. The van der Waals surface area contributed by atoms with Crippen LogP contribution in [0.15, 0.2) is 54.6 Å². The van der Waals surface area contributed by atoms with E-state index in [0.29, 0.717) is 19.0 Å². The van der Waals surface area contributed by atoms with Crippen molar-refractivity contribution in [1.82, 2.24) is 4.90 Å². The van der Waals surface area contributed by atoms with Gasteiger partial charge in [-0.15, -0.1) is 0 Å². The van der Waals surface area contributed by atoms with E-state index >= 15 is 0 Å². The maximum atomic E-state index is 13.5. The number of hydrogen-bond acceptors (Lipinski definition) is 2. The zero-order chi connectivity index (χ0) is 19.4. The van der Waals surface area contributed by atoms with Crippen LogP contribution in [0, 0.1) is 11.7 Å². The van der Waals surface area contributed by atoms with Crippen molar-refractivity contribution in [3.63, 3.8) is 0 Å². The number of hydrogen-bond donors (Lipinski definition) is 1. The van der Waals surface area contributed by atoms with Gasteiger partial charge in [0.05, 0.1) is 5.60 Å². The molecular weight excluding hydrogens is 355 g/mol. The van der Waals surface area contributed by atoms with Gasteiger partial charge in [0, 0.05) is 25.4 Å². The van der Waals surface area contributed by atoms with Crippen molar-refractivity contribution >= 4 is 11.7 Å². The summed E-state index contributed by atoms with van der Waals surface area (Å²) in [5, 5.41) is 2.96. The number of carbonyl (C=O) groups excluding carboxylic acids is 1. The van der Waals surface area contributed by atoms with Gasteiger partial charge < -0.3 is 15.0 Å². The number of urea groups is 1. The standard InChI is InChI=1S/C23H27FN2O2/c24-20-6-4-5-18(16-20)15-19-9-14-28-23(17-19)10-12-26(13-11-23)22(27)25-21-7-2-1-3-8-21/h1-8,16,19H,9-15,17H2,(H,25,27). The molecule has 1 atom stereocenters. The highest BCUT2D eigenvalue weighted by Crippen LogP contribution is 2.39. The van der Waals surface area contributed by atoms with Crippen LogP contribution < -0.4 is 5.32 Å². The minimum Gasteiger partial charge on any atom is -0.375 e. The molecule has 4 rings (SSSR count). The summed E-state index contributed by atoms with van der Waals surface area (Å²) in [4.78, 5) is 14.4. The number of nitrogens with zero attached hydrogens (tertiary/aromatic N) is 1. The van der Waals surface area contributed by atoms with E-state index in [1.54, 1.807) is 12.1 Å². The number of ether oxygens (including phenoxy) is 1. The zero-order valence-corrected chi connectivity index (χ0v) is 16.1. The van der Waals surface area contributed by atoms with Crippen LogP contribution in [0.5, 0.6) is 0 Å². The summed E-state index contributed by atoms with van der Waals surface area (Å²) >= 11 is 0. The highest BCUT2D eigenvalue weighted by Gasteiger charge is 2.41. The predicted molar refractivity (Wildman–Crippen MR) is 108 cm³/mol. The molecule has 1 unspecified atom stereocenters. The molecule has 1 N–H and O–H groups in total. The first-order chi connectivity index (χ1) is 13.6. The largest absolute Gasteiger partial charge is 0.375 e. The van der Waals surface area contributed by atoms with Crippen molar-refractivity contribution in [1.29, 1.82) is 0 Å². The molecule has 2 heterocycles. The normalized spacial score (nSPS) is 21.5. The van der Waals surface area contributed by atoms with Crippen LogP contribution in [0.25, 0.3) is 0 Å². The van der Waals surface area contributed by atoms with E-state index in [0.717, 1.165) is 50.0 Å². The third-order valence-corrected chi connectivity index (χ3v) is 6.00. The molecule has 4 nitrogen and oxygen atoms in total. The smallest absolute Gasteiger partial charge is 0.321 e. The first-order valence-corrected chi connectivity index (χ1v) is 10.1. The van der Waals surface area contributed by atoms with Gasteiger partial charge in [-0.2, -0.15) is 0 Å². The van der Waals surface area contributed by atoms with Gasteiger partial charge in [0.25, 0.3) is 0 Å².